The van der Waals surface area contributed by atoms with Gasteiger partial charge in [-0.15, -0.1) is 11.3 Å². The summed E-state index contributed by atoms with van der Waals surface area (Å²) in [5.74, 6) is 0.929. The van der Waals surface area contributed by atoms with Gasteiger partial charge >= 0.3 is 0 Å². The van der Waals surface area contributed by atoms with Crippen LogP contribution >= 0.6 is 11.3 Å². The molecule has 5 nitrogen and oxygen atoms in total. The Bertz CT molecular complexity index is 582. The zero-order chi connectivity index (χ0) is 13.9. The molecule has 3 rings (SSSR count). The van der Waals surface area contributed by atoms with Crippen LogP contribution in [0.4, 0.5) is 5.82 Å². The summed E-state index contributed by atoms with van der Waals surface area (Å²) >= 11 is 1.75. The van der Waals surface area contributed by atoms with Crippen LogP contribution in [-0.2, 0) is 6.54 Å². The second-order valence-corrected chi connectivity index (χ2v) is 6.21. The number of anilines is 1. The van der Waals surface area contributed by atoms with E-state index in [1.165, 1.54) is 4.88 Å². The van der Waals surface area contributed by atoms with Gasteiger partial charge in [0, 0.05) is 42.3 Å². The fourth-order valence-electron chi connectivity index (χ4n) is 2.52. The Balaban J connectivity index is 1.56. The number of nitrogens with one attached hydrogen (secondary N) is 1. The Morgan fingerprint density at radius 2 is 2.25 bits per heavy atom. The van der Waals surface area contributed by atoms with Crippen LogP contribution in [-0.4, -0.2) is 39.0 Å². The Labute approximate surface area is 123 Å². The molecule has 106 valence electrons. The van der Waals surface area contributed by atoms with E-state index in [0.29, 0.717) is 6.04 Å². The Hall–Kier alpha value is -1.53. The molecule has 0 saturated carbocycles. The van der Waals surface area contributed by atoms with Gasteiger partial charge in [-0.1, -0.05) is 0 Å². The third kappa shape index (κ3) is 3.13. The monoisotopic (exact) mass is 289 g/mol. The lowest BCUT2D eigenvalue weighted by Crippen LogP contribution is -2.26. The van der Waals surface area contributed by atoms with Gasteiger partial charge in [0.25, 0.3) is 0 Å². The lowest BCUT2D eigenvalue weighted by molar-refractivity contribution is 0.330. The minimum Gasteiger partial charge on any atom is -0.366 e. The number of rotatable bonds is 4. The first-order valence-corrected chi connectivity index (χ1v) is 7.75. The maximum atomic E-state index is 4.31. The van der Waals surface area contributed by atoms with Crippen LogP contribution in [0.2, 0.25) is 0 Å². The first-order chi connectivity index (χ1) is 9.70. The van der Waals surface area contributed by atoms with Crippen molar-refractivity contribution in [3.05, 3.63) is 34.2 Å². The molecule has 0 amide bonds. The molecule has 2 aromatic rings. The van der Waals surface area contributed by atoms with Crippen LogP contribution in [0, 0.1) is 13.8 Å². The summed E-state index contributed by atoms with van der Waals surface area (Å²) in [5, 5.41) is 3.50. The van der Waals surface area contributed by atoms with E-state index in [0.717, 1.165) is 43.3 Å². The van der Waals surface area contributed by atoms with E-state index in [9.17, 15) is 0 Å². The molecule has 1 aliphatic rings. The summed E-state index contributed by atoms with van der Waals surface area (Å²) in [7, 11) is 0. The highest BCUT2D eigenvalue weighted by atomic mass is 32.1. The topological polar surface area (TPSA) is 53.9 Å². The standard InChI is InChI=1S/C14H19N5S/c1-10-5-14(16-8-15-10)18-12-3-4-19(6-12)7-13-11(2)17-9-20-13/h5,8-9,12H,3-4,6-7H2,1-2H3,(H,15,16,18). The molecular formula is C14H19N5S. The predicted octanol–water partition coefficient (Wildman–Crippen LogP) is 2.24. The highest BCUT2D eigenvalue weighted by Gasteiger charge is 2.23. The van der Waals surface area contributed by atoms with Crippen LogP contribution in [0.1, 0.15) is 22.7 Å². The van der Waals surface area contributed by atoms with Crippen LogP contribution in [0.25, 0.3) is 0 Å². The molecule has 1 fully saturated rings. The van der Waals surface area contributed by atoms with Crippen molar-refractivity contribution in [3.8, 4) is 0 Å². The number of aryl methyl sites for hydroxylation is 2. The summed E-state index contributed by atoms with van der Waals surface area (Å²) in [6, 6.07) is 2.47. The van der Waals surface area contributed by atoms with Crippen molar-refractivity contribution in [1.29, 1.82) is 0 Å². The number of hydrogen-bond donors (Lipinski definition) is 1. The number of aromatic nitrogens is 3. The summed E-state index contributed by atoms with van der Waals surface area (Å²) in [4.78, 5) is 16.6. The third-order valence-electron chi connectivity index (χ3n) is 3.64. The number of nitrogens with zero attached hydrogens (tertiary/aromatic N) is 4. The normalized spacial score (nSPS) is 19.4. The molecular weight excluding hydrogens is 270 g/mol. The SMILES string of the molecule is Cc1cc(NC2CCN(Cc3scnc3C)C2)ncn1. The van der Waals surface area contributed by atoms with Gasteiger partial charge in [-0.25, -0.2) is 15.0 Å². The lowest BCUT2D eigenvalue weighted by Gasteiger charge is -2.16. The van der Waals surface area contributed by atoms with E-state index < -0.39 is 0 Å². The number of thiazole rings is 1. The molecule has 0 aliphatic carbocycles. The summed E-state index contributed by atoms with van der Waals surface area (Å²) < 4.78 is 0. The fourth-order valence-corrected chi connectivity index (χ4v) is 3.34. The molecule has 6 heteroatoms. The highest BCUT2D eigenvalue weighted by Crippen LogP contribution is 2.20. The van der Waals surface area contributed by atoms with E-state index in [4.69, 9.17) is 0 Å². The average Bonchev–Trinajstić information content (AvgIpc) is 3.01. The molecule has 3 heterocycles. The second-order valence-electron chi connectivity index (χ2n) is 5.27. The van der Waals surface area contributed by atoms with Gasteiger partial charge in [-0.05, 0) is 20.3 Å². The van der Waals surface area contributed by atoms with Gasteiger partial charge < -0.3 is 5.32 Å². The Kier molecular flexibility index (Phi) is 3.93. The van der Waals surface area contributed by atoms with E-state index in [-0.39, 0.29) is 0 Å². The summed E-state index contributed by atoms with van der Waals surface area (Å²) in [6.45, 7) is 7.26. The second kappa shape index (κ2) is 5.85. The zero-order valence-corrected chi connectivity index (χ0v) is 12.7. The molecule has 0 bridgehead atoms. The first-order valence-electron chi connectivity index (χ1n) is 6.87. The quantitative estimate of drug-likeness (QED) is 0.935. The van der Waals surface area contributed by atoms with E-state index in [1.807, 2.05) is 18.5 Å². The van der Waals surface area contributed by atoms with Gasteiger partial charge in [0.2, 0.25) is 0 Å². The molecule has 0 radical (unpaired) electrons. The predicted molar refractivity (Wildman–Crippen MR) is 80.9 cm³/mol. The number of likely N-dealkylation sites (tertiary alicyclic amines) is 1. The Morgan fingerprint density at radius 3 is 3.00 bits per heavy atom. The molecule has 1 aliphatic heterocycles. The van der Waals surface area contributed by atoms with Crippen molar-refractivity contribution in [2.24, 2.45) is 0 Å². The summed E-state index contributed by atoms with van der Waals surface area (Å²) in [6.07, 6.45) is 2.77. The molecule has 1 atom stereocenters. The van der Waals surface area contributed by atoms with E-state index in [2.05, 4.69) is 32.1 Å². The molecule has 20 heavy (non-hydrogen) atoms. The molecule has 0 aromatic carbocycles. The van der Waals surface area contributed by atoms with Crippen molar-refractivity contribution >= 4 is 17.2 Å². The fraction of sp³-hybridized carbons (Fsp3) is 0.500. The van der Waals surface area contributed by atoms with Crippen molar-refractivity contribution < 1.29 is 0 Å². The zero-order valence-electron chi connectivity index (χ0n) is 11.8. The van der Waals surface area contributed by atoms with Gasteiger partial charge in [-0.3, -0.25) is 4.90 Å². The smallest absolute Gasteiger partial charge is 0.129 e. The van der Waals surface area contributed by atoms with Gasteiger partial charge in [0.1, 0.15) is 12.1 Å². The van der Waals surface area contributed by atoms with Crippen LogP contribution < -0.4 is 5.32 Å². The largest absolute Gasteiger partial charge is 0.366 e. The molecule has 1 unspecified atom stereocenters. The van der Waals surface area contributed by atoms with Crippen molar-refractivity contribution in [2.45, 2.75) is 32.9 Å². The molecule has 1 N–H and O–H groups in total. The highest BCUT2D eigenvalue weighted by molar-refractivity contribution is 7.09. The minimum atomic E-state index is 0.470. The van der Waals surface area contributed by atoms with Crippen LogP contribution in [0.5, 0.6) is 0 Å². The third-order valence-corrected chi connectivity index (χ3v) is 4.56. The first kappa shape index (κ1) is 13.5. The van der Waals surface area contributed by atoms with Crippen molar-refractivity contribution in [3.63, 3.8) is 0 Å². The van der Waals surface area contributed by atoms with E-state index in [1.54, 1.807) is 17.7 Å². The number of hydrogen-bond acceptors (Lipinski definition) is 6. The van der Waals surface area contributed by atoms with Crippen molar-refractivity contribution in [2.75, 3.05) is 18.4 Å². The van der Waals surface area contributed by atoms with Crippen LogP contribution in [0.3, 0.4) is 0 Å². The van der Waals surface area contributed by atoms with Gasteiger partial charge in [0.05, 0.1) is 11.2 Å². The van der Waals surface area contributed by atoms with E-state index >= 15 is 0 Å². The van der Waals surface area contributed by atoms with Gasteiger partial charge in [0.15, 0.2) is 0 Å². The lowest BCUT2D eigenvalue weighted by atomic mass is 10.2. The summed E-state index contributed by atoms with van der Waals surface area (Å²) in [5.41, 5.74) is 4.09. The maximum Gasteiger partial charge on any atom is 0.129 e. The molecule has 1 saturated heterocycles. The average molecular weight is 289 g/mol. The molecule has 0 spiro atoms. The van der Waals surface area contributed by atoms with Gasteiger partial charge in [-0.2, -0.15) is 0 Å². The van der Waals surface area contributed by atoms with Crippen LogP contribution in [0.15, 0.2) is 17.9 Å². The van der Waals surface area contributed by atoms with Crippen molar-refractivity contribution in [1.82, 2.24) is 19.9 Å². The maximum absolute atomic E-state index is 4.31. The molecule has 2 aromatic heterocycles. The Morgan fingerprint density at radius 1 is 1.35 bits per heavy atom. The minimum absolute atomic E-state index is 0.470.